The lowest BCUT2D eigenvalue weighted by atomic mass is 9.70. The van der Waals surface area contributed by atoms with Crippen LogP contribution in [-0.2, 0) is 5.41 Å². The van der Waals surface area contributed by atoms with Gasteiger partial charge in [-0.2, -0.15) is 5.26 Å². The largest absolute Gasteiger partial charge is 0.358 e. The van der Waals surface area contributed by atoms with Crippen LogP contribution in [0.1, 0.15) is 62.4 Å². The molecule has 198 valence electrons. The second kappa shape index (κ2) is 10.4. The molecule has 3 aliphatic heterocycles. The lowest BCUT2D eigenvalue weighted by Gasteiger charge is -2.46. The summed E-state index contributed by atoms with van der Waals surface area (Å²) in [6.45, 7) is 5.16. The summed E-state index contributed by atoms with van der Waals surface area (Å²) in [5, 5.41) is 12.2. The molecule has 7 nitrogen and oxygen atoms in total. The highest BCUT2D eigenvalue weighted by Gasteiger charge is 2.44. The smallest absolute Gasteiger partial charge is 0.209 e. The molecule has 3 aromatic rings. The summed E-state index contributed by atoms with van der Waals surface area (Å²) in [4.78, 5) is 14.0. The minimum absolute atomic E-state index is 0.163. The SMILES string of the molecule is CN/C(=N\C#N)N1CCC(CCN2[C@@H]3CC[C@H]2C[C@@H](n2c(C)nc4ccccc42)C3)(c2ccccc2)CC1. The predicted molar refractivity (Wildman–Crippen MR) is 152 cm³/mol. The highest BCUT2D eigenvalue weighted by atomic mass is 15.3. The minimum Gasteiger partial charge on any atom is -0.358 e. The number of likely N-dealkylation sites (tertiary alicyclic amines) is 1. The number of fused-ring (bicyclic) bond motifs is 3. The molecule has 1 aromatic heterocycles. The summed E-state index contributed by atoms with van der Waals surface area (Å²) < 4.78 is 2.53. The van der Waals surface area contributed by atoms with Crippen LogP contribution in [0.3, 0.4) is 0 Å². The second-order valence-corrected chi connectivity index (χ2v) is 11.4. The molecular formula is C31H39N7. The van der Waals surface area contributed by atoms with Gasteiger partial charge in [0, 0.05) is 38.3 Å². The number of aryl methyl sites for hydroxylation is 1. The van der Waals surface area contributed by atoms with Gasteiger partial charge >= 0.3 is 0 Å². The van der Waals surface area contributed by atoms with Crippen molar-refractivity contribution >= 4 is 17.0 Å². The Morgan fingerprint density at radius 3 is 2.39 bits per heavy atom. The predicted octanol–water partition coefficient (Wildman–Crippen LogP) is 4.99. The molecule has 38 heavy (non-hydrogen) atoms. The Morgan fingerprint density at radius 1 is 1.03 bits per heavy atom. The first-order chi connectivity index (χ1) is 18.6. The van der Waals surface area contributed by atoms with Gasteiger partial charge in [0.2, 0.25) is 12.2 Å². The van der Waals surface area contributed by atoms with Crippen LogP contribution in [-0.4, -0.2) is 64.1 Å². The van der Waals surface area contributed by atoms with E-state index in [1.807, 2.05) is 13.2 Å². The summed E-state index contributed by atoms with van der Waals surface area (Å²) >= 11 is 0. The molecule has 1 N–H and O–H groups in total. The average molecular weight is 510 g/mol. The third-order valence-electron chi connectivity index (χ3n) is 9.63. The first-order valence-electron chi connectivity index (χ1n) is 14.3. The molecule has 3 aliphatic rings. The van der Waals surface area contributed by atoms with Gasteiger partial charge in [0.1, 0.15) is 5.82 Å². The van der Waals surface area contributed by atoms with Gasteiger partial charge in [0.25, 0.3) is 0 Å². The number of guanidine groups is 1. The monoisotopic (exact) mass is 509 g/mol. The molecule has 0 radical (unpaired) electrons. The van der Waals surface area contributed by atoms with Crippen LogP contribution in [0.4, 0.5) is 0 Å². The molecule has 7 heteroatoms. The molecule has 0 saturated carbocycles. The van der Waals surface area contributed by atoms with E-state index in [1.54, 1.807) is 0 Å². The molecule has 2 bridgehead atoms. The first-order valence-corrected chi connectivity index (χ1v) is 14.3. The number of hydrogen-bond donors (Lipinski definition) is 1. The van der Waals surface area contributed by atoms with E-state index in [2.05, 4.69) is 86.2 Å². The zero-order valence-electron chi connectivity index (χ0n) is 22.7. The number of para-hydroxylation sites is 2. The molecule has 0 unspecified atom stereocenters. The van der Waals surface area contributed by atoms with Crippen molar-refractivity contribution in [2.24, 2.45) is 4.99 Å². The van der Waals surface area contributed by atoms with Crippen LogP contribution in [0.2, 0.25) is 0 Å². The Labute approximate surface area is 226 Å². The number of nitrogens with one attached hydrogen (secondary N) is 1. The van der Waals surface area contributed by atoms with Gasteiger partial charge in [0.05, 0.1) is 11.0 Å². The standard InChI is InChI=1S/C31H39N7/c1-23-35-28-10-6-7-11-29(28)38(23)27-20-25-12-13-26(21-27)37(25)19-16-31(24-8-4-3-5-9-24)14-17-36(18-15-31)30(33-2)34-22-32/h3-11,25-27H,12-21H2,1-2H3,(H,33,34)/t25-,26+,27+. The molecule has 0 spiro atoms. The molecule has 4 heterocycles. The Balaban J connectivity index is 1.18. The molecule has 2 aromatic carbocycles. The maximum atomic E-state index is 9.09. The third kappa shape index (κ3) is 4.45. The Morgan fingerprint density at radius 2 is 1.71 bits per heavy atom. The van der Waals surface area contributed by atoms with Crippen molar-refractivity contribution in [2.75, 3.05) is 26.7 Å². The van der Waals surface area contributed by atoms with Crippen LogP contribution < -0.4 is 5.32 Å². The van der Waals surface area contributed by atoms with Crippen molar-refractivity contribution in [1.82, 2.24) is 24.7 Å². The van der Waals surface area contributed by atoms with Crippen LogP contribution in [0.15, 0.2) is 59.6 Å². The topological polar surface area (TPSA) is 72.5 Å². The van der Waals surface area contributed by atoms with Gasteiger partial charge in [-0.05, 0) is 81.5 Å². The van der Waals surface area contributed by atoms with Gasteiger partial charge in [-0.25, -0.2) is 4.98 Å². The fourth-order valence-corrected chi connectivity index (χ4v) is 7.74. The second-order valence-electron chi connectivity index (χ2n) is 11.4. The first kappa shape index (κ1) is 24.9. The lowest BCUT2D eigenvalue weighted by molar-refractivity contribution is 0.0886. The van der Waals surface area contributed by atoms with E-state index in [1.165, 1.54) is 43.2 Å². The van der Waals surface area contributed by atoms with E-state index in [9.17, 15) is 0 Å². The number of piperidine rings is 2. The van der Waals surface area contributed by atoms with E-state index in [-0.39, 0.29) is 5.41 Å². The quantitative estimate of drug-likeness (QED) is 0.298. The van der Waals surface area contributed by atoms with Crippen molar-refractivity contribution in [1.29, 1.82) is 5.26 Å². The van der Waals surface area contributed by atoms with Gasteiger partial charge in [-0.3, -0.25) is 4.90 Å². The van der Waals surface area contributed by atoms with Crippen LogP contribution in [0.5, 0.6) is 0 Å². The third-order valence-corrected chi connectivity index (χ3v) is 9.63. The molecule has 3 fully saturated rings. The molecular weight excluding hydrogens is 470 g/mol. The van der Waals surface area contributed by atoms with Gasteiger partial charge in [-0.1, -0.05) is 42.5 Å². The van der Waals surface area contributed by atoms with Gasteiger partial charge in [-0.15, -0.1) is 4.99 Å². The number of imidazole rings is 1. The Kier molecular flexibility index (Phi) is 6.84. The highest BCUT2D eigenvalue weighted by molar-refractivity contribution is 5.80. The number of aliphatic imine (C=N–C) groups is 1. The van der Waals surface area contributed by atoms with Crippen molar-refractivity contribution in [3.8, 4) is 6.19 Å². The molecule has 3 saturated heterocycles. The van der Waals surface area contributed by atoms with E-state index < -0.39 is 0 Å². The zero-order valence-corrected chi connectivity index (χ0v) is 22.7. The number of nitrogens with zero attached hydrogens (tertiary/aromatic N) is 6. The molecule has 3 atom stereocenters. The maximum Gasteiger partial charge on any atom is 0.209 e. The number of aromatic nitrogens is 2. The zero-order chi connectivity index (χ0) is 26.1. The Hall–Kier alpha value is -3.37. The van der Waals surface area contributed by atoms with Gasteiger partial charge < -0.3 is 14.8 Å². The van der Waals surface area contributed by atoms with E-state index in [0.717, 1.165) is 43.8 Å². The summed E-state index contributed by atoms with van der Waals surface area (Å²) in [6, 6.07) is 21.6. The van der Waals surface area contributed by atoms with Crippen LogP contribution in [0.25, 0.3) is 11.0 Å². The van der Waals surface area contributed by atoms with Crippen LogP contribution >= 0.6 is 0 Å². The van der Waals surface area contributed by atoms with E-state index in [4.69, 9.17) is 10.2 Å². The summed E-state index contributed by atoms with van der Waals surface area (Å²) in [5.41, 5.74) is 4.04. The van der Waals surface area contributed by atoms with Crippen molar-refractivity contribution in [3.63, 3.8) is 0 Å². The lowest BCUT2D eigenvalue weighted by Crippen LogP contribution is -2.50. The minimum atomic E-state index is 0.163. The summed E-state index contributed by atoms with van der Waals surface area (Å²) in [6.07, 6.45) is 10.4. The number of hydrogen-bond acceptors (Lipinski definition) is 4. The number of nitriles is 1. The van der Waals surface area contributed by atoms with Crippen LogP contribution in [0, 0.1) is 18.4 Å². The highest BCUT2D eigenvalue weighted by Crippen LogP contribution is 2.45. The van der Waals surface area contributed by atoms with Crippen molar-refractivity contribution < 1.29 is 0 Å². The normalized spacial score (nSPS) is 25.4. The average Bonchev–Trinajstić information content (AvgIpc) is 3.42. The van der Waals surface area contributed by atoms with E-state index in [0.29, 0.717) is 24.1 Å². The molecule has 0 amide bonds. The Bertz CT molecular complexity index is 1320. The fraction of sp³-hybridized carbons (Fsp3) is 0.516. The summed E-state index contributed by atoms with van der Waals surface area (Å²) in [5.74, 6) is 1.84. The maximum absolute atomic E-state index is 9.09. The van der Waals surface area contributed by atoms with Crippen molar-refractivity contribution in [2.45, 2.75) is 75.4 Å². The molecule has 0 aliphatic carbocycles. The number of benzene rings is 2. The number of rotatable bonds is 5. The van der Waals surface area contributed by atoms with E-state index >= 15 is 0 Å². The molecule has 6 rings (SSSR count). The van der Waals surface area contributed by atoms with Gasteiger partial charge in [0.15, 0.2) is 0 Å². The fourth-order valence-electron chi connectivity index (χ4n) is 7.74. The van der Waals surface area contributed by atoms with Crippen molar-refractivity contribution in [3.05, 3.63) is 66.0 Å². The summed E-state index contributed by atoms with van der Waals surface area (Å²) in [7, 11) is 1.85.